The maximum atomic E-state index is 12.4. The molecule has 0 saturated carbocycles. The summed E-state index contributed by atoms with van der Waals surface area (Å²) in [6, 6.07) is -3.51. The molecule has 0 aliphatic carbocycles. The summed E-state index contributed by atoms with van der Waals surface area (Å²) >= 11 is 1.44. The number of nitrogens with two attached hydrogens (primary N) is 3. The molecule has 182 valence electrons. The van der Waals surface area contributed by atoms with E-state index in [1.807, 2.05) is 11.6 Å². The number of thioether (sulfide) groups is 1. The highest BCUT2D eigenvalue weighted by molar-refractivity contribution is 7.98. The second kappa shape index (κ2) is 15.7. The van der Waals surface area contributed by atoms with Crippen molar-refractivity contribution in [1.82, 2.24) is 16.0 Å². The summed E-state index contributed by atoms with van der Waals surface area (Å²) in [6.07, 6.45) is 1.99. The maximum Gasteiger partial charge on any atom is 0.326 e. The van der Waals surface area contributed by atoms with Gasteiger partial charge in [0.25, 0.3) is 0 Å². The molecular formula is C17H31N7O7S. The highest BCUT2D eigenvalue weighted by atomic mass is 32.2. The molecule has 0 aromatic carbocycles. The van der Waals surface area contributed by atoms with Crippen LogP contribution in [-0.2, 0) is 24.0 Å². The first-order valence-corrected chi connectivity index (χ1v) is 11.0. The molecule has 0 aromatic rings. The van der Waals surface area contributed by atoms with Gasteiger partial charge in [-0.25, -0.2) is 4.79 Å². The van der Waals surface area contributed by atoms with E-state index in [9.17, 15) is 24.0 Å². The number of nitrogens with one attached hydrogen (secondary N) is 3. The van der Waals surface area contributed by atoms with Crippen molar-refractivity contribution in [2.45, 2.75) is 43.8 Å². The van der Waals surface area contributed by atoms with Crippen LogP contribution < -0.4 is 33.2 Å². The lowest BCUT2D eigenvalue weighted by molar-refractivity contribution is -0.147. The smallest absolute Gasteiger partial charge is 0.326 e. The molecule has 3 unspecified atom stereocenters. The number of amides is 3. The zero-order chi connectivity index (χ0) is 24.7. The largest absolute Gasteiger partial charge is 0.481 e. The Balaban J connectivity index is 4.77. The molecule has 0 bridgehead atoms. The molecule has 3 amide bonds. The van der Waals surface area contributed by atoms with Crippen molar-refractivity contribution in [3.63, 3.8) is 0 Å². The van der Waals surface area contributed by atoms with Crippen LogP contribution in [-0.4, -0.2) is 89.1 Å². The van der Waals surface area contributed by atoms with Gasteiger partial charge < -0.3 is 43.4 Å². The Labute approximate surface area is 189 Å². The molecule has 0 rings (SSSR count). The molecule has 0 aliphatic rings. The van der Waals surface area contributed by atoms with Crippen LogP contribution >= 0.6 is 11.8 Å². The van der Waals surface area contributed by atoms with Gasteiger partial charge in [0, 0.05) is 6.54 Å². The van der Waals surface area contributed by atoms with Gasteiger partial charge in [-0.2, -0.15) is 11.8 Å². The van der Waals surface area contributed by atoms with E-state index >= 15 is 0 Å². The number of aliphatic carboxylic acids is 2. The van der Waals surface area contributed by atoms with Gasteiger partial charge in [0.15, 0.2) is 5.96 Å². The van der Waals surface area contributed by atoms with Crippen molar-refractivity contribution in [2.24, 2.45) is 22.2 Å². The summed E-state index contributed by atoms with van der Waals surface area (Å²) in [5, 5.41) is 24.5. The Morgan fingerprint density at radius 1 is 1.00 bits per heavy atom. The number of hydrogen-bond donors (Lipinski definition) is 8. The van der Waals surface area contributed by atoms with Crippen molar-refractivity contribution >= 4 is 47.4 Å². The van der Waals surface area contributed by atoms with Crippen molar-refractivity contribution in [2.75, 3.05) is 25.1 Å². The summed E-state index contributed by atoms with van der Waals surface area (Å²) in [6.45, 7) is -0.299. The molecule has 0 spiro atoms. The van der Waals surface area contributed by atoms with Gasteiger partial charge in [0.2, 0.25) is 17.7 Å². The molecule has 0 aliphatic heterocycles. The zero-order valence-corrected chi connectivity index (χ0v) is 18.5. The number of hydrogen-bond acceptors (Lipinski definition) is 8. The zero-order valence-electron chi connectivity index (χ0n) is 17.7. The number of aliphatic imine (C=N–C) groups is 1. The van der Waals surface area contributed by atoms with Crippen LogP contribution in [0.4, 0.5) is 0 Å². The van der Waals surface area contributed by atoms with Crippen molar-refractivity contribution in [1.29, 1.82) is 0 Å². The van der Waals surface area contributed by atoms with Crippen LogP contribution in [0, 0.1) is 0 Å². The Hall–Kier alpha value is -3.07. The van der Waals surface area contributed by atoms with E-state index in [0.717, 1.165) is 0 Å². The molecule has 0 radical (unpaired) electrons. The van der Waals surface area contributed by atoms with E-state index in [-0.39, 0.29) is 18.8 Å². The lowest BCUT2D eigenvalue weighted by Crippen LogP contribution is -2.53. The number of carboxylic acids is 2. The Bertz CT molecular complexity index is 701. The minimum absolute atomic E-state index is 0.0708. The van der Waals surface area contributed by atoms with Crippen molar-refractivity contribution < 1.29 is 34.2 Å². The highest BCUT2D eigenvalue weighted by Crippen LogP contribution is 2.03. The lowest BCUT2D eigenvalue weighted by Gasteiger charge is -2.20. The fraction of sp³-hybridized carbons (Fsp3) is 0.647. The molecule has 14 nitrogen and oxygen atoms in total. The number of carbonyl (C=O) groups is 5. The Morgan fingerprint density at radius 3 is 2.19 bits per heavy atom. The van der Waals surface area contributed by atoms with Gasteiger partial charge in [-0.3, -0.25) is 24.2 Å². The second-order valence-corrected chi connectivity index (χ2v) is 7.66. The molecule has 15 heteroatoms. The van der Waals surface area contributed by atoms with E-state index in [4.69, 9.17) is 27.4 Å². The number of nitrogens with zero attached hydrogens (tertiary/aromatic N) is 1. The van der Waals surface area contributed by atoms with Gasteiger partial charge >= 0.3 is 11.9 Å². The molecule has 11 N–H and O–H groups in total. The predicted octanol–water partition coefficient (Wildman–Crippen LogP) is -3.23. The van der Waals surface area contributed by atoms with E-state index in [0.29, 0.717) is 18.7 Å². The molecule has 0 aromatic heterocycles. The van der Waals surface area contributed by atoms with Gasteiger partial charge in [-0.15, -0.1) is 0 Å². The van der Waals surface area contributed by atoms with E-state index in [2.05, 4.69) is 15.6 Å². The molecule has 3 atom stereocenters. The SMILES string of the molecule is CSCCC(NC(=O)C(N)CCCN=C(N)N)C(=O)NCC(=O)NC(CC(=O)O)C(=O)O. The van der Waals surface area contributed by atoms with Crippen LogP contribution in [0.5, 0.6) is 0 Å². The average Bonchev–Trinajstić information content (AvgIpc) is 2.70. The standard InChI is InChI=1S/C17H31N7O7S/c1-32-6-4-10(24-14(28)9(18)3-2-5-21-17(19)20)15(29)22-8-12(25)23-11(16(30)31)7-13(26)27/h9-11H,2-8,18H2,1H3,(H,22,29)(H,23,25)(H,24,28)(H,26,27)(H,30,31)(H4,19,20,21). The number of guanidine groups is 1. The predicted molar refractivity (Wildman–Crippen MR) is 118 cm³/mol. The maximum absolute atomic E-state index is 12.4. The third kappa shape index (κ3) is 13.3. The molecular weight excluding hydrogens is 446 g/mol. The van der Waals surface area contributed by atoms with Crippen LogP contribution in [0.2, 0.25) is 0 Å². The molecule has 0 heterocycles. The lowest BCUT2D eigenvalue weighted by atomic mass is 10.1. The summed E-state index contributed by atoms with van der Waals surface area (Å²) in [7, 11) is 0. The van der Waals surface area contributed by atoms with E-state index < -0.39 is 60.8 Å². The summed E-state index contributed by atoms with van der Waals surface area (Å²) < 4.78 is 0. The second-order valence-electron chi connectivity index (χ2n) is 6.67. The third-order valence-electron chi connectivity index (χ3n) is 3.98. The van der Waals surface area contributed by atoms with Gasteiger partial charge in [-0.1, -0.05) is 0 Å². The van der Waals surface area contributed by atoms with Gasteiger partial charge in [-0.05, 0) is 31.3 Å². The van der Waals surface area contributed by atoms with Crippen LogP contribution in [0.25, 0.3) is 0 Å². The van der Waals surface area contributed by atoms with Gasteiger partial charge in [0.05, 0.1) is 19.0 Å². The minimum Gasteiger partial charge on any atom is -0.481 e. The Morgan fingerprint density at radius 2 is 1.66 bits per heavy atom. The summed E-state index contributed by atoms with van der Waals surface area (Å²) in [4.78, 5) is 62.1. The van der Waals surface area contributed by atoms with E-state index in [1.165, 1.54) is 11.8 Å². The van der Waals surface area contributed by atoms with Crippen molar-refractivity contribution in [3.05, 3.63) is 0 Å². The number of carbonyl (C=O) groups excluding carboxylic acids is 3. The van der Waals surface area contributed by atoms with Crippen LogP contribution in [0.15, 0.2) is 4.99 Å². The fourth-order valence-electron chi connectivity index (χ4n) is 2.34. The van der Waals surface area contributed by atoms with Gasteiger partial charge in [0.1, 0.15) is 12.1 Å². The summed E-state index contributed by atoms with van der Waals surface area (Å²) in [5.41, 5.74) is 16.3. The van der Waals surface area contributed by atoms with Crippen LogP contribution in [0.3, 0.4) is 0 Å². The minimum atomic E-state index is -1.64. The average molecular weight is 478 g/mol. The first-order valence-electron chi connectivity index (χ1n) is 9.59. The third-order valence-corrected chi connectivity index (χ3v) is 4.63. The quantitative estimate of drug-likeness (QED) is 0.0622. The monoisotopic (exact) mass is 477 g/mol. The number of carboxylic acid groups (broad SMARTS) is 2. The highest BCUT2D eigenvalue weighted by Gasteiger charge is 2.26. The fourth-order valence-corrected chi connectivity index (χ4v) is 2.82. The normalized spacial score (nSPS) is 13.2. The topological polar surface area (TPSA) is 252 Å². The van der Waals surface area contributed by atoms with E-state index in [1.54, 1.807) is 0 Å². The van der Waals surface area contributed by atoms with Crippen LogP contribution in [0.1, 0.15) is 25.7 Å². The summed E-state index contributed by atoms with van der Waals surface area (Å²) in [5.74, 6) is -4.59. The van der Waals surface area contributed by atoms with Crippen molar-refractivity contribution in [3.8, 4) is 0 Å². The molecule has 32 heavy (non-hydrogen) atoms. The Kier molecular flexibility index (Phi) is 14.2. The molecule has 0 saturated heterocycles. The molecule has 0 fully saturated rings. The first kappa shape index (κ1) is 28.9. The first-order chi connectivity index (χ1) is 15.0. The number of rotatable bonds is 16.